The van der Waals surface area contributed by atoms with Crippen molar-refractivity contribution in [1.29, 1.82) is 0 Å². The van der Waals surface area contributed by atoms with Gasteiger partial charge in [0.25, 0.3) is 11.8 Å². The number of hydrogen-bond donors (Lipinski definition) is 3. The lowest BCUT2D eigenvalue weighted by Crippen LogP contribution is -2.29. The number of ether oxygens (including phenoxy) is 1. The summed E-state index contributed by atoms with van der Waals surface area (Å²) in [5.74, 6) is -1.78. The fraction of sp³-hybridized carbons (Fsp3) is 0.357. The molecule has 1 fully saturated rings. The first-order valence-electron chi connectivity index (χ1n) is 6.59. The molecule has 0 saturated carbocycles. The zero-order valence-electron chi connectivity index (χ0n) is 11.3. The molecule has 1 atom stereocenters. The molecule has 1 aromatic rings. The van der Waals surface area contributed by atoms with E-state index in [1.807, 2.05) is 0 Å². The van der Waals surface area contributed by atoms with Gasteiger partial charge in [-0.15, -0.1) is 0 Å². The van der Waals surface area contributed by atoms with Crippen molar-refractivity contribution in [2.75, 3.05) is 18.5 Å². The molecule has 0 aromatic heterocycles. The zero-order valence-corrected chi connectivity index (χ0v) is 11.3. The minimum Gasteiger partial charge on any atom is -0.480 e. The Bertz CT molecular complexity index is 535. The molecule has 1 aliphatic heterocycles. The quantitative estimate of drug-likeness (QED) is 0.738. The molecule has 1 unspecified atom stereocenters. The fourth-order valence-electron chi connectivity index (χ4n) is 1.97. The van der Waals surface area contributed by atoms with Crippen LogP contribution in [0.2, 0.25) is 0 Å². The summed E-state index contributed by atoms with van der Waals surface area (Å²) in [4.78, 5) is 33.8. The zero-order chi connectivity index (χ0) is 15.2. The number of amides is 2. The summed E-state index contributed by atoms with van der Waals surface area (Å²) in [5, 5.41) is 13.5. The normalized spacial score (nSPS) is 17.2. The Morgan fingerprint density at radius 1 is 1.24 bits per heavy atom. The summed E-state index contributed by atoms with van der Waals surface area (Å²) in [6.07, 6.45) is 1.17. The topological polar surface area (TPSA) is 105 Å². The van der Waals surface area contributed by atoms with Gasteiger partial charge >= 0.3 is 5.97 Å². The summed E-state index contributed by atoms with van der Waals surface area (Å²) < 4.78 is 5.27. The number of nitrogens with one attached hydrogen (secondary N) is 2. The first-order valence-corrected chi connectivity index (χ1v) is 6.59. The minimum atomic E-state index is -1.11. The van der Waals surface area contributed by atoms with Crippen LogP contribution in [0.15, 0.2) is 24.3 Å². The van der Waals surface area contributed by atoms with Crippen LogP contribution in [-0.4, -0.2) is 42.1 Å². The van der Waals surface area contributed by atoms with Gasteiger partial charge in [-0.2, -0.15) is 0 Å². The van der Waals surface area contributed by atoms with Gasteiger partial charge in [0, 0.05) is 17.9 Å². The predicted molar refractivity (Wildman–Crippen MR) is 74.0 cm³/mol. The number of carbonyl (C=O) groups excluding carboxylic acids is 2. The molecular formula is C14H16N2O5. The SMILES string of the molecule is O=C(O)CNC(=O)c1ccc(NC(=O)C2CCCO2)cc1. The molecular weight excluding hydrogens is 276 g/mol. The molecule has 3 N–H and O–H groups in total. The van der Waals surface area contributed by atoms with Crippen molar-refractivity contribution in [3.63, 3.8) is 0 Å². The van der Waals surface area contributed by atoms with E-state index in [0.717, 1.165) is 6.42 Å². The molecule has 0 bridgehead atoms. The minimum absolute atomic E-state index is 0.199. The van der Waals surface area contributed by atoms with Crippen molar-refractivity contribution in [3.05, 3.63) is 29.8 Å². The summed E-state index contributed by atoms with van der Waals surface area (Å²) in [7, 11) is 0. The maximum absolute atomic E-state index is 11.8. The van der Waals surface area contributed by atoms with Gasteiger partial charge in [0.2, 0.25) is 0 Å². The second kappa shape index (κ2) is 6.85. The van der Waals surface area contributed by atoms with Crippen molar-refractivity contribution in [2.45, 2.75) is 18.9 Å². The third-order valence-corrected chi connectivity index (χ3v) is 3.04. The molecule has 21 heavy (non-hydrogen) atoms. The lowest BCUT2D eigenvalue weighted by Gasteiger charge is -2.10. The molecule has 1 aromatic carbocycles. The molecule has 7 nitrogen and oxygen atoms in total. The lowest BCUT2D eigenvalue weighted by atomic mass is 10.2. The molecule has 0 spiro atoms. The van der Waals surface area contributed by atoms with Crippen molar-refractivity contribution >= 4 is 23.5 Å². The average Bonchev–Trinajstić information content (AvgIpc) is 3.00. The summed E-state index contributed by atoms with van der Waals surface area (Å²) >= 11 is 0. The maximum Gasteiger partial charge on any atom is 0.322 e. The smallest absolute Gasteiger partial charge is 0.322 e. The standard InChI is InChI=1S/C14H16N2O5/c17-12(18)8-15-13(19)9-3-5-10(6-4-9)16-14(20)11-2-1-7-21-11/h3-6,11H,1-2,7-8H2,(H,15,19)(H,16,20)(H,17,18). The molecule has 1 saturated heterocycles. The highest BCUT2D eigenvalue weighted by Gasteiger charge is 2.23. The van der Waals surface area contributed by atoms with E-state index in [9.17, 15) is 14.4 Å². The van der Waals surface area contributed by atoms with Crippen LogP contribution in [0.25, 0.3) is 0 Å². The van der Waals surface area contributed by atoms with Crippen molar-refractivity contribution < 1.29 is 24.2 Å². The lowest BCUT2D eigenvalue weighted by molar-refractivity contribution is -0.135. The summed E-state index contributed by atoms with van der Waals surface area (Å²) in [6.45, 7) is 0.164. The second-order valence-corrected chi connectivity index (χ2v) is 4.64. The molecule has 0 radical (unpaired) electrons. The van der Waals surface area contributed by atoms with Gasteiger partial charge in [0.1, 0.15) is 12.6 Å². The number of carboxylic acids is 1. The Kier molecular flexibility index (Phi) is 4.89. The van der Waals surface area contributed by atoms with E-state index < -0.39 is 24.5 Å². The number of carboxylic acid groups (broad SMARTS) is 1. The number of hydrogen-bond acceptors (Lipinski definition) is 4. The number of rotatable bonds is 5. The van der Waals surface area contributed by atoms with E-state index in [1.165, 1.54) is 12.1 Å². The fourth-order valence-corrected chi connectivity index (χ4v) is 1.97. The Hall–Kier alpha value is -2.41. The third kappa shape index (κ3) is 4.28. The van der Waals surface area contributed by atoms with Gasteiger partial charge in [-0.1, -0.05) is 0 Å². The average molecular weight is 292 g/mol. The molecule has 7 heteroatoms. The highest BCUT2D eigenvalue weighted by atomic mass is 16.5. The summed E-state index contributed by atoms with van der Waals surface area (Å²) in [5.41, 5.74) is 0.886. The predicted octanol–water partition coefficient (Wildman–Crippen LogP) is 0.618. The van der Waals surface area contributed by atoms with Gasteiger partial charge < -0.3 is 20.5 Å². The van der Waals surface area contributed by atoms with E-state index in [1.54, 1.807) is 12.1 Å². The Morgan fingerprint density at radius 3 is 2.52 bits per heavy atom. The van der Waals surface area contributed by atoms with Crippen LogP contribution >= 0.6 is 0 Å². The van der Waals surface area contributed by atoms with E-state index in [-0.39, 0.29) is 5.91 Å². The van der Waals surface area contributed by atoms with Crippen LogP contribution in [-0.2, 0) is 14.3 Å². The van der Waals surface area contributed by atoms with Gasteiger partial charge in [0.05, 0.1) is 0 Å². The molecule has 0 aliphatic carbocycles. The van der Waals surface area contributed by atoms with Gasteiger partial charge in [-0.3, -0.25) is 14.4 Å². The highest BCUT2D eigenvalue weighted by Crippen LogP contribution is 2.15. The molecule has 112 valence electrons. The molecule has 2 rings (SSSR count). The van der Waals surface area contributed by atoms with Crippen LogP contribution < -0.4 is 10.6 Å². The maximum atomic E-state index is 11.8. The van der Waals surface area contributed by atoms with E-state index in [0.29, 0.717) is 24.3 Å². The van der Waals surface area contributed by atoms with E-state index in [4.69, 9.17) is 9.84 Å². The highest BCUT2D eigenvalue weighted by molar-refractivity contribution is 5.97. The number of benzene rings is 1. The third-order valence-electron chi connectivity index (χ3n) is 3.04. The van der Waals surface area contributed by atoms with Gasteiger partial charge in [-0.25, -0.2) is 0 Å². The van der Waals surface area contributed by atoms with Crippen LogP contribution in [0.3, 0.4) is 0 Å². The van der Waals surface area contributed by atoms with Crippen LogP contribution in [0.5, 0.6) is 0 Å². The first kappa shape index (κ1) is 15.0. The number of anilines is 1. The van der Waals surface area contributed by atoms with Crippen molar-refractivity contribution in [2.24, 2.45) is 0 Å². The summed E-state index contributed by atoms with van der Waals surface area (Å²) in [6, 6.07) is 6.20. The Morgan fingerprint density at radius 2 is 1.95 bits per heavy atom. The Balaban J connectivity index is 1.90. The molecule has 2 amide bonds. The van der Waals surface area contributed by atoms with Crippen molar-refractivity contribution in [3.8, 4) is 0 Å². The largest absolute Gasteiger partial charge is 0.480 e. The first-order chi connectivity index (χ1) is 10.1. The Labute approximate surface area is 121 Å². The van der Waals surface area contributed by atoms with E-state index in [2.05, 4.69) is 10.6 Å². The van der Waals surface area contributed by atoms with Gasteiger partial charge in [-0.05, 0) is 37.1 Å². The van der Waals surface area contributed by atoms with Gasteiger partial charge in [0.15, 0.2) is 0 Å². The number of aliphatic carboxylic acids is 1. The van der Waals surface area contributed by atoms with E-state index >= 15 is 0 Å². The van der Waals surface area contributed by atoms with Crippen LogP contribution in [0.1, 0.15) is 23.2 Å². The second-order valence-electron chi connectivity index (χ2n) is 4.64. The number of carbonyl (C=O) groups is 3. The molecule has 1 aliphatic rings. The van der Waals surface area contributed by atoms with Crippen LogP contribution in [0, 0.1) is 0 Å². The molecule has 1 heterocycles. The van der Waals surface area contributed by atoms with Crippen molar-refractivity contribution in [1.82, 2.24) is 5.32 Å². The van der Waals surface area contributed by atoms with Crippen LogP contribution in [0.4, 0.5) is 5.69 Å². The monoisotopic (exact) mass is 292 g/mol.